The van der Waals surface area contributed by atoms with E-state index in [1.54, 1.807) is 0 Å². The highest BCUT2D eigenvalue weighted by Crippen LogP contribution is 2.47. The van der Waals surface area contributed by atoms with Crippen molar-refractivity contribution in [3.8, 4) is 0 Å². The van der Waals surface area contributed by atoms with Gasteiger partial charge in [0, 0.05) is 24.9 Å². The highest BCUT2D eigenvalue weighted by atomic mass is 35.5. The number of imidazole rings is 1. The van der Waals surface area contributed by atoms with Crippen LogP contribution in [0.2, 0.25) is 0 Å². The number of benzene rings is 1. The molecule has 0 N–H and O–H groups in total. The molecule has 96 valence electrons. The van der Waals surface area contributed by atoms with Gasteiger partial charge in [0.2, 0.25) is 0 Å². The topological polar surface area (TPSA) is 17.8 Å². The van der Waals surface area contributed by atoms with Gasteiger partial charge in [0.1, 0.15) is 11.6 Å². The van der Waals surface area contributed by atoms with Crippen molar-refractivity contribution in [2.45, 2.75) is 32.7 Å². The van der Waals surface area contributed by atoms with Gasteiger partial charge in [0.15, 0.2) is 0 Å². The number of rotatable bonds is 4. The van der Waals surface area contributed by atoms with Gasteiger partial charge >= 0.3 is 0 Å². The number of aryl methyl sites for hydroxylation is 1. The molecule has 0 bridgehead atoms. The fraction of sp³-hybridized carbons (Fsp3) is 0.500. The molecule has 2 aromatic rings. The Morgan fingerprint density at radius 1 is 1.44 bits per heavy atom. The molecule has 1 aromatic heterocycles. The highest BCUT2D eigenvalue weighted by molar-refractivity contribution is 6.17. The van der Waals surface area contributed by atoms with Crippen LogP contribution in [0.15, 0.2) is 18.2 Å². The normalized spacial score (nSPS) is 17.3. The number of hydrogen-bond acceptors (Lipinski definition) is 1. The fourth-order valence-electron chi connectivity index (χ4n) is 2.36. The third kappa shape index (κ3) is 2.12. The predicted molar refractivity (Wildman–Crippen MR) is 71.5 cm³/mol. The first-order valence-electron chi connectivity index (χ1n) is 6.32. The van der Waals surface area contributed by atoms with Crippen LogP contribution >= 0.6 is 11.6 Å². The zero-order valence-electron chi connectivity index (χ0n) is 10.4. The van der Waals surface area contributed by atoms with E-state index in [0.717, 1.165) is 29.8 Å². The molecule has 0 aliphatic heterocycles. The molecule has 0 atom stereocenters. The van der Waals surface area contributed by atoms with Gasteiger partial charge in [-0.1, -0.05) is 6.92 Å². The Hall–Kier alpha value is -1.09. The van der Waals surface area contributed by atoms with Crippen LogP contribution in [-0.2, 0) is 13.0 Å². The molecule has 2 nitrogen and oxygen atoms in total. The number of fused-ring (bicyclic) bond motifs is 1. The van der Waals surface area contributed by atoms with Crippen LogP contribution in [0.25, 0.3) is 11.0 Å². The molecule has 18 heavy (non-hydrogen) atoms. The van der Waals surface area contributed by atoms with Gasteiger partial charge in [0.25, 0.3) is 0 Å². The van der Waals surface area contributed by atoms with Crippen LogP contribution in [0.5, 0.6) is 0 Å². The number of alkyl halides is 1. The average Bonchev–Trinajstić information content (AvgIpc) is 2.96. The zero-order chi connectivity index (χ0) is 12.8. The summed E-state index contributed by atoms with van der Waals surface area (Å²) in [6.45, 7) is 3.24. The number of aromatic nitrogens is 2. The van der Waals surface area contributed by atoms with E-state index < -0.39 is 0 Å². The predicted octanol–water partition coefficient (Wildman–Crippen LogP) is 3.76. The number of nitrogens with zero attached hydrogens (tertiary/aromatic N) is 2. The molecule has 1 fully saturated rings. The lowest BCUT2D eigenvalue weighted by Gasteiger charge is -2.13. The lowest BCUT2D eigenvalue weighted by atomic mass is 10.1. The third-order valence-corrected chi connectivity index (χ3v) is 3.94. The average molecular weight is 267 g/mol. The Morgan fingerprint density at radius 2 is 2.22 bits per heavy atom. The summed E-state index contributed by atoms with van der Waals surface area (Å²) in [6, 6.07) is 4.82. The largest absolute Gasteiger partial charge is 0.327 e. The summed E-state index contributed by atoms with van der Waals surface area (Å²) >= 11 is 5.83. The first kappa shape index (κ1) is 12.0. The van der Waals surface area contributed by atoms with Crippen molar-refractivity contribution in [2.24, 2.45) is 5.41 Å². The summed E-state index contributed by atoms with van der Waals surface area (Å²) in [5.41, 5.74) is 2.15. The first-order valence-corrected chi connectivity index (χ1v) is 6.85. The minimum Gasteiger partial charge on any atom is -0.327 e. The van der Waals surface area contributed by atoms with Crippen molar-refractivity contribution in [1.82, 2.24) is 9.55 Å². The summed E-state index contributed by atoms with van der Waals surface area (Å²) in [4.78, 5) is 4.51. The smallest absolute Gasteiger partial charge is 0.125 e. The van der Waals surface area contributed by atoms with Crippen LogP contribution in [0.1, 0.15) is 25.6 Å². The van der Waals surface area contributed by atoms with Gasteiger partial charge in [-0.15, -0.1) is 11.6 Å². The van der Waals surface area contributed by atoms with Gasteiger partial charge in [-0.25, -0.2) is 9.37 Å². The molecular formula is C14H16ClFN2. The summed E-state index contributed by atoms with van der Waals surface area (Å²) in [5.74, 6) is 1.28. The second-order valence-corrected chi connectivity index (χ2v) is 5.87. The van der Waals surface area contributed by atoms with Crippen LogP contribution in [0.3, 0.4) is 0 Å². The van der Waals surface area contributed by atoms with Crippen molar-refractivity contribution < 1.29 is 4.39 Å². The van der Waals surface area contributed by atoms with Gasteiger partial charge in [-0.3, -0.25) is 0 Å². The summed E-state index contributed by atoms with van der Waals surface area (Å²) in [6.07, 6.45) is 3.25. The van der Waals surface area contributed by atoms with Crippen LogP contribution < -0.4 is 0 Å². The molecule has 1 heterocycles. The quantitative estimate of drug-likeness (QED) is 0.771. The molecule has 0 radical (unpaired) electrons. The molecule has 0 unspecified atom stereocenters. The molecular weight excluding hydrogens is 251 g/mol. The van der Waals surface area contributed by atoms with Crippen LogP contribution in [-0.4, -0.2) is 15.4 Å². The number of halogens is 2. The van der Waals surface area contributed by atoms with Crippen molar-refractivity contribution >= 4 is 22.6 Å². The fourth-order valence-corrected chi connectivity index (χ4v) is 2.53. The second kappa shape index (κ2) is 4.23. The molecule has 1 saturated carbocycles. The zero-order valence-corrected chi connectivity index (χ0v) is 11.2. The van der Waals surface area contributed by atoms with E-state index in [0.29, 0.717) is 11.3 Å². The van der Waals surface area contributed by atoms with Crippen molar-refractivity contribution in [1.29, 1.82) is 0 Å². The third-order valence-electron chi connectivity index (χ3n) is 3.75. The molecule has 0 spiro atoms. The van der Waals surface area contributed by atoms with Gasteiger partial charge in [-0.2, -0.15) is 0 Å². The Labute approximate surface area is 111 Å². The SMILES string of the molecule is CC1(Cn2c(CCCl)nc3cc(F)ccc32)CC1. The van der Waals surface area contributed by atoms with Crippen LogP contribution in [0.4, 0.5) is 4.39 Å². The van der Waals surface area contributed by atoms with E-state index in [1.165, 1.54) is 25.0 Å². The van der Waals surface area contributed by atoms with E-state index in [9.17, 15) is 4.39 Å². The molecule has 1 aromatic carbocycles. The monoisotopic (exact) mass is 266 g/mol. The van der Waals surface area contributed by atoms with E-state index in [2.05, 4.69) is 16.5 Å². The molecule has 0 saturated heterocycles. The molecule has 0 amide bonds. The second-order valence-electron chi connectivity index (χ2n) is 5.50. The molecule has 3 rings (SSSR count). The van der Waals surface area contributed by atoms with E-state index >= 15 is 0 Å². The number of hydrogen-bond donors (Lipinski definition) is 0. The van der Waals surface area contributed by atoms with Crippen molar-refractivity contribution in [3.05, 3.63) is 29.8 Å². The van der Waals surface area contributed by atoms with Gasteiger partial charge in [-0.05, 0) is 30.4 Å². The van der Waals surface area contributed by atoms with Crippen molar-refractivity contribution in [3.63, 3.8) is 0 Å². The maximum Gasteiger partial charge on any atom is 0.125 e. The Bertz CT molecular complexity index is 587. The van der Waals surface area contributed by atoms with Gasteiger partial charge < -0.3 is 4.57 Å². The first-order chi connectivity index (χ1) is 8.61. The van der Waals surface area contributed by atoms with E-state index in [1.807, 2.05) is 6.07 Å². The Balaban J connectivity index is 2.09. The minimum atomic E-state index is -0.234. The van der Waals surface area contributed by atoms with E-state index in [-0.39, 0.29) is 5.82 Å². The Kier molecular flexibility index (Phi) is 2.81. The minimum absolute atomic E-state index is 0.234. The van der Waals surface area contributed by atoms with Gasteiger partial charge in [0.05, 0.1) is 11.0 Å². The Morgan fingerprint density at radius 3 is 2.89 bits per heavy atom. The molecule has 1 aliphatic rings. The molecule has 1 aliphatic carbocycles. The maximum absolute atomic E-state index is 13.2. The lowest BCUT2D eigenvalue weighted by Crippen LogP contribution is -2.11. The van der Waals surface area contributed by atoms with Crippen LogP contribution in [0, 0.1) is 11.2 Å². The summed E-state index contributed by atoms with van der Waals surface area (Å²) in [7, 11) is 0. The van der Waals surface area contributed by atoms with Crippen molar-refractivity contribution in [2.75, 3.05) is 5.88 Å². The van der Waals surface area contributed by atoms with E-state index in [4.69, 9.17) is 11.6 Å². The maximum atomic E-state index is 13.2. The lowest BCUT2D eigenvalue weighted by molar-refractivity contribution is 0.462. The summed E-state index contributed by atoms with van der Waals surface area (Å²) < 4.78 is 15.5. The standard InChI is InChI=1S/C14H16ClFN2/c1-14(5-6-14)9-18-12-3-2-10(16)8-11(12)17-13(18)4-7-15/h2-3,8H,4-7,9H2,1H3. The highest BCUT2D eigenvalue weighted by Gasteiger charge is 2.38. The summed E-state index contributed by atoms with van der Waals surface area (Å²) in [5, 5.41) is 0. The molecule has 4 heteroatoms.